The lowest BCUT2D eigenvalue weighted by molar-refractivity contribution is 0.168. The molecule has 1 amide bonds. The van der Waals surface area contributed by atoms with Gasteiger partial charge in [0.1, 0.15) is 5.75 Å². The number of hydrogen-bond donors (Lipinski definition) is 2. The fourth-order valence-corrected chi connectivity index (χ4v) is 2.10. The maximum absolute atomic E-state index is 11.7. The van der Waals surface area contributed by atoms with Crippen molar-refractivity contribution in [3.05, 3.63) is 18.2 Å². The van der Waals surface area contributed by atoms with Gasteiger partial charge in [-0.15, -0.1) is 0 Å². The Morgan fingerprint density at radius 2 is 2.05 bits per heavy atom. The van der Waals surface area contributed by atoms with Crippen LogP contribution in [0.3, 0.4) is 0 Å². The van der Waals surface area contributed by atoms with Gasteiger partial charge >= 0.3 is 6.09 Å². The molecule has 8 heteroatoms. The molecule has 0 unspecified atom stereocenters. The van der Waals surface area contributed by atoms with Crippen LogP contribution in [0.1, 0.15) is 6.92 Å². The molecule has 2 N–H and O–H groups in total. The van der Waals surface area contributed by atoms with Crippen LogP contribution in [-0.2, 0) is 14.8 Å². The Balaban J connectivity index is 3.13. The van der Waals surface area contributed by atoms with Gasteiger partial charge in [0.2, 0.25) is 10.0 Å². The van der Waals surface area contributed by atoms with Gasteiger partial charge in [0.15, 0.2) is 0 Å². The third kappa shape index (κ3) is 3.83. The Kier molecular flexibility index (Phi) is 5.13. The van der Waals surface area contributed by atoms with Crippen LogP contribution in [0.25, 0.3) is 0 Å². The van der Waals surface area contributed by atoms with E-state index in [1.54, 1.807) is 6.92 Å². The van der Waals surface area contributed by atoms with E-state index in [0.29, 0.717) is 5.75 Å². The largest absolute Gasteiger partial charge is 0.495 e. The molecule has 19 heavy (non-hydrogen) atoms. The first kappa shape index (κ1) is 15.3. The number of methoxy groups -OCH3 is 1. The number of anilines is 1. The summed E-state index contributed by atoms with van der Waals surface area (Å²) < 4.78 is 35.3. The maximum Gasteiger partial charge on any atom is 0.411 e. The zero-order valence-electron chi connectivity index (χ0n) is 10.9. The summed E-state index contributed by atoms with van der Waals surface area (Å²) in [5.74, 6) is 0.336. The van der Waals surface area contributed by atoms with E-state index >= 15 is 0 Å². The van der Waals surface area contributed by atoms with Crippen molar-refractivity contribution in [3.8, 4) is 5.75 Å². The van der Waals surface area contributed by atoms with Gasteiger partial charge in [0, 0.05) is 0 Å². The molecule has 7 nitrogen and oxygen atoms in total. The summed E-state index contributed by atoms with van der Waals surface area (Å²) in [4.78, 5) is 11.4. The number of hydrogen-bond acceptors (Lipinski definition) is 5. The summed E-state index contributed by atoms with van der Waals surface area (Å²) in [5.41, 5.74) is 0.220. The van der Waals surface area contributed by atoms with E-state index in [4.69, 9.17) is 9.47 Å². The Morgan fingerprint density at radius 1 is 1.37 bits per heavy atom. The number of benzene rings is 1. The predicted octanol–water partition coefficient (Wildman–Crippen LogP) is 1.17. The van der Waals surface area contributed by atoms with Gasteiger partial charge in [0.25, 0.3) is 0 Å². The van der Waals surface area contributed by atoms with Gasteiger partial charge in [0.05, 0.1) is 24.3 Å². The number of nitrogens with one attached hydrogen (secondary N) is 2. The molecule has 0 bridgehead atoms. The molecule has 0 atom stereocenters. The van der Waals surface area contributed by atoms with Crippen molar-refractivity contribution in [1.29, 1.82) is 0 Å². The minimum absolute atomic E-state index is 0.0163. The Bertz CT molecular complexity index is 556. The zero-order chi connectivity index (χ0) is 14.5. The van der Waals surface area contributed by atoms with Crippen molar-refractivity contribution in [2.24, 2.45) is 0 Å². The topological polar surface area (TPSA) is 93.7 Å². The number of sulfonamides is 1. The summed E-state index contributed by atoms with van der Waals surface area (Å²) in [6.07, 6.45) is -0.681. The first-order valence-electron chi connectivity index (χ1n) is 5.50. The number of carbonyl (C=O) groups excluding carboxylic acids is 1. The minimum Gasteiger partial charge on any atom is -0.495 e. The Labute approximate surface area is 112 Å². The van der Waals surface area contributed by atoms with E-state index in [0.717, 1.165) is 0 Å². The first-order valence-corrected chi connectivity index (χ1v) is 6.98. The molecule has 0 fully saturated rings. The average Bonchev–Trinajstić information content (AvgIpc) is 2.38. The van der Waals surface area contributed by atoms with Crippen LogP contribution in [0.15, 0.2) is 23.1 Å². The van der Waals surface area contributed by atoms with Gasteiger partial charge < -0.3 is 9.47 Å². The average molecular weight is 288 g/mol. The molecule has 0 spiro atoms. The van der Waals surface area contributed by atoms with Crippen LogP contribution in [0, 0.1) is 0 Å². The number of rotatable bonds is 5. The highest BCUT2D eigenvalue weighted by Gasteiger charge is 2.16. The summed E-state index contributed by atoms with van der Waals surface area (Å²) in [6, 6.07) is 4.12. The van der Waals surface area contributed by atoms with E-state index in [2.05, 4.69) is 10.0 Å². The highest BCUT2D eigenvalue weighted by molar-refractivity contribution is 7.89. The lowest BCUT2D eigenvalue weighted by Gasteiger charge is -2.11. The van der Waals surface area contributed by atoms with E-state index in [9.17, 15) is 13.2 Å². The molecule has 106 valence electrons. The second-order valence-electron chi connectivity index (χ2n) is 3.42. The SMILES string of the molecule is CCOC(=O)Nc1cc(S(=O)(=O)NC)ccc1OC. The van der Waals surface area contributed by atoms with Gasteiger partial charge in [-0.25, -0.2) is 17.9 Å². The molecular formula is C11H16N2O5S. The molecule has 0 aliphatic carbocycles. The van der Waals surface area contributed by atoms with Crippen molar-refractivity contribution >= 4 is 21.8 Å². The van der Waals surface area contributed by atoms with Gasteiger partial charge in [-0.3, -0.25) is 5.32 Å². The molecule has 0 saturated carbocycles. The molecule has 1 aromatic carbocycles. The summed E-state index contributed by atoms with van der Waals surface area (Å²) in [7, 11) is -0.873. The smallest absolute Gasteiger partial charge is 0.411 e. The fourth-order valence-electron chi connectivity index (χ4n) is 1.35. The van der Waals surface area contributed by atoms with Crippen LogP contribution in [0.5, 0.6) is 5.75 Å². The van der Waals surface area contributed by atoms with Crippen molar-refractivity contribution in [2.45, 2.75) is 11.8 Å². The highest BCUT2D eigenvalue weighted by Crippen LogP contribution is 2.27. The molecule has 0 radical (unpaired) electrons. The standard InChI is InChI=1S/C11H16N2O5S/c1-4-18-11(14)13-9-7-8(19(15,16)12-2)5-6-10(9)17-3/h5-7,12H,4H2,1-3H3,(H,13,14). The number of ether oxygens (including phenoxy) is 2. The van der Waals surface area contributed by atoms with Crippen molar-refractivity contribution in [3.63, 3.8) is 0 Å². The summed E-state index contributed by atoms with van der Waals surface area (Å²) in [5, 5.41) is 2.42. The lowest BCUT2D eigenvalue weighted by atomic mass is 10.3. The van der Waals surface area contributed by atoms with Gasteiger partial charge in [-0.1, -0.05) is 0 Å². The summed E-state index contributed by atoms with van der Waals surface area (Å²) in [6.45, 7) is 1.88. The monoisotopic (exact) mass is 288 g/mol. The van der Waals surface area contributed by atoms with E-state index in [1.807, 2.05) is 0 Å². The molecule has 1 aromatic rings. The number of carbonyl (C=O) groups is 1. The van der Waals surface area contributed by atoms with Crippen molar-refractivity contribution in [2.75, 3.05) is 26.1 Å². The zero-order valence-corrected chi connectivity index (χ0v) is 11.7. The van der Waals surface area contributed by atoms with Gasteiger partial charge in [-0.05, 0) is 32.2 Å². The minimum atomic E-state index is -3.59. The second kappa shape index (κ2) is 6.39. The van der Waals surface area contributed by atoms with Crippen molar-refractivity contribution < 1.29 is 22.7 Å². The van der Waals surface area contributed by atoms with Crippen molar-refractivity contribution in [1.82, 2.24) is 4.72 Å². The Hall–Kier alpha value is -1.80. The quantitative estimate of drug-likeness (QED) is 0.848. The van der Waals surface area contributed by atoms with E-state index in [1.165, 1.54) is 32.4 Å². The summed E-state index contributed by atoms with van der Waals surface area (Å²) >= 11 is 0. The molecule has 0 saturated heterocycles. The van der Waals surface area contributed by atoms with Crippen LogP contribution in [0.2, 0.25) is 0 Å². The molecule has 0 aliphatic heterocycles. The Morgan fingerprint density at radius 3 is 2.58 bits per heavy atom. The fraction of sp³-hybridized carbons (Fsp3) is 0.364. The van der Waals surface area contributed by atoms with Crippen LogP contribution < -0.4 is 14.8 Å². The van der Waals surface area contributed by atoms with Crippen LogP contribution in [0.4, 0.5) is 10.5 Å². The molecule has 0 heterocycles. The van der Waals surface area contributed by atoms with Crippen LogP contribution >= 0.6 is 0 Å². The van der Waals surface area contributed by atoms with Crippen LogP contribution in [-0.4, -0.2) is 35.3 Å². The second-order valence-corrected chi connectivity index (χ2v) is 5.30. The third-order valence-electron chi connectivity index (χ3n) is 2.26. The lowest BCUT2D eigenvalue weighted by Crippen LogP contribution is -2.19. The third-order valence-corrected chi connectivity index (χ3v) is 3.67. The predicted molar refractivity (Wildman–Crippen MR) is 69.9 cm³/mol. The molecule has 1 rings (SSSR count). The highest BCUT2D eigenvalue weighted by atomic mass is 32.2. The van der Waals surface area contributed by atoms with Gasteiger partial charge in [-0.2, -0.15) is 0 Å². The number of amides is 1. The maximum atomic E-state index is 11.7. The van der Waals surface area contributed by atoms with E-state index < -0.39 is 16.1 Å². The normalized spacial score (nSPS) is 10.9. The molecule has 0 aromatic heterocycles. The first-order chi connectivity index (χ1) is 8.94. The molecular weight excluding hydrogens is 272 g/mol. The molecule has 0 aliphatic rings. The van der Waals surface area contributed by atoms with E-state index in [-0.39, 0.29) is 17.2 Å².